The predicted octanol–water partition coefficient (Wildman–Crippen LogP) is 1.74. The van der Waals surface area contributed by atoms with Crippen LogP contribution in [-0.2, 0) is 16.6 Å². The van der Waals surface area contributed by atoms with Crippen molar-refractivity contribution >= 4 is 10.0 Å². The summed E-state index contributed by atoms with van der Waals surface area (Å²) in [5, 5.41) is 8.27. The minimum absolute atomic E-state index is 0.132. The maximum atomic E-state index is 11.1. The molecular weight excluding hydrogens is 252 g/mol. The standard InChI is InChI=1S/C12H20N2O3S/c1-12(7-3-2-4-8-12)14-9-10-5-6-11(17-10)18(13,15)16/h5-6,14H,2-4,7-9H2,1H3,(H2,13,15,16). The van der Waals surface area contributed by atoms with E-state index >= 15 is 0 Å². The third-order valence-corrected chi connectivity index (χ3v) is 4.34. The molecule has 1 aliphatic rings. The van der Waals surface area contributed by atoms with Crippen molar-refractivity contribution in [2.45, 2.75) is 56.2 Å². The molecule has 1 fully saturated rings. The number of furan rings is 1. The van der Waals surface area contributed by atoms with Gasteiger partial charge in [-0.15, -0.1) is 0 Å². The largest absolute Gasteiger partial charge is 0.447 e. The summed E-state index contributed by atoms with van der Waals surface area (Å²) in [7, 11) is -3.73. The van der Waals surface area contributed by atoms with Gasteiger partial charge >= 0.3 is 0 Å². The first kappa shape index (κ1) is 13.6. The van der Waals surface area contributed by atoms with Crippen LogP contribution >= 0.6 is 0 Å². The first-order valence-corrected chi connectivity index (χ1v) is 7.80. The summed E-state index contributed by atoms with van der Waals surface area (Å²) in [5.74, 6) is 0.603. The van der Waals surface area contributed by atoms with E-state index in [2.05, 4.69) is 12.2 Å². The van der Waals surface area contributed by atoms with E-state index in [1.165, 1.54) is 25.3 Å². The molecule has 0 atom stereocenters. The average molecular weight is 272 g/mol. The Morgan fingerprint density at radius 2 is 2.00 bits per heavy atom. The fourth-order valence-electron chi connectivity index (χ4n) is 2.42. The smallest absolute Gasteiger partial charge is 0.271 e. The van der Waals surface area contributed by atoms with Gasteiger partial charge in [-0.25, -0.2) is 13.6 Å². The average Bonchev–Trinajstić information content (AvgIpc) is 2.76. The van der Waals surface area contributed by atoms with Crippen molar-refractivity contribution in [3.63, 3.8) is 0 Å². The van der Waals surface area contributed by atoms with E-state index in [0.29, 0.717) is 12.3 Å². The molecule has 2 rings (SSSR count). The lowest BCUT2D eigenvalue weighted by molar-refractivity contribution is 0.242. The first-order chi connectivity index (χ1) is 8.39. The minimum Gasteiger partial charge on any atom is -0.447 e. The number of nitrogens with two attached hydrogens (primary N) is 1. The van der Waals surface area contributed by atoms with E-state index in [9.17, 15) is 8.42 Å². The van der Waals surface area contributed by atoms with Crippen molar-refractivity contribution in [2.24, 2.45) is 5.14 Å². The minimum atomic E-state index is -3.73. The Hall–Kier alpha value is -0.850. The Morgan fingerprint density at radius 1 is 1.33 bits per heavy atom. The van der Waals surface area contributed by atoms with Gasteiger partial charge in [0.05, 0.1) is 6.54 Å². The van der Waals surface area contributed by atoms with Crippen LogP contribution in [0.4, 0.5) is 0 Å². The number of nitrogens with one attached hydrogen (secondary N) is 1. The van der Waals surface area contributed by atoms with Gasteiger partial charge in [-0.05, 0) is 31.9 Å². The Labute approximate surface area is 108 Å². The molecule has 1 aliphatic carbocycles. The Kier molecular flexibility index (Phi) is 3.79. The SMILES string of the molecule is CC1(NCc2ccc(S(N)(=O)=O)o2)CCCCC1. The van der Waals surface area contributed by atoms with Gasteiger partial charge < -0.3 is 9.73 Å². The molecule has 3 N–H and O–H groups in total. The fourth-order valence-corrected chi connectivity index (χ4v) is 2.90. The molecule has 0 aromatic carbocycles. The second-order valence-corrected chi connectivity index (χ2v) is 6.73. The summed E-state index contributed by atoms with van der Waals surface area (Å²) in [6.07, 6.45) is 6.08. The van der Waals surface area contributed by atoms with Crippen molar-refractivity contribution in [3.05, 3.63) is 17.9 Å². The molecule has 1 heterocycles. The molecule has 0 amide bonds. The Balaban J connectivity index is 1.96. The van der Waals surface area contributed by atoms with Crippen molar-refractivity contribution < 1.29 is 12.8 Å². The van der Waals surface area contributed by atoms with E-state index in [1.54, 1.807) is 6.07 Å². The monoisotopic (exact) mass is 272 g/mol. The zero-order valence-electron chi connectivity index (χ0n) is 10.6. The molecule has 0 bridgehead atoms. The molecular formula is C12H20N2O3S. The van der Waals surface area contributed by atoms with E-state index < -0.39 is 10.0 Å². The Bertz CT molecular complexity index is 501. The third-order valence-electron chi connectivity index (χ3n) is 3.56. The summed E-state index contributed by atoms with van der Waals surface area (Å²) in [5.41, 5.74) is 0.132. The van der Waals surface area contributed by atoms with Crippen LogP contribution in [0.15, 0.2) is 21.6 Å². The van der Waals surface area contributed by atoms with E-state index in [1.807, 2.05) is 0 Å². The molecule has 6 heteroatoms. The molecule has 0 radical (unpaired) electrons. The van der Waals surface area contributed by atoms with Gasteiger partial charge in [-0.2, -0.15) is 0 Å². The zero-order chi connectivity index (χ0) is 13.2. The van der Waals surface area contributed by atoms with Crippen LogP contribution in [0.3, 0.4) is 0 Å². The van der Waals surface area contributed by atoms with Crippen molar-refractivity contribution in [1.82, 2.24) is 5.32 Å². The number of sulfonamides is 1. The Morgan fingerprint density at radius 3 is 2.56 bits per heavy atom. The second kappa shape index (κ2) is 5.03. The van der Waals surface area contributed by atoms with Crippen LogP contribution in [0.25, 0.3) is 0 Å². The van der Waals surface area contributed by atoms with Gasteiger partial charge in [0.2, 0.25) is 5.09 Å². The van der Waals surface area contributed by atoms with Gasteiger partial charge in [-0.3, -0.25) is 0 Å². The maximum absolute atomic E-state index is 11.1. The molecule has 0 spiro atoms. The third kappa shape index (κ3) is 3.34. The molecule has 18 heavy (non-hydrogen) atoms. The van der Waals surface area contributed by atoms with E-state index in [-0.39, 0.29) is 10.6 Å². The van der Waals surface area contributed by atoms with Gasteiger partial charge in [0, 0.05) is 5.54 Å². The van der Waals surface area contributed by atoms with Crippen LogP contribution < -0.4 is 10.5 Å². The summed E-state index contributed by atoms with van der Waals surface area (Å²) in [6.45, 7) is 2.74. The van der Waals surface area contributed by atoms with E-state index in [4.69, 9.17) is 9.56 Å². The summed E-state index contributed by atoms with van der Waals surface area (Å²) in [6, 6.07) is 3.05. The highest BCUT2D eigenvalue weighted by Crippen LogP contribution is 2.28. The van der Waals surface area contributed by atoms with Gasteiger partial charge in [0.25, 0.3) is 10.0 Å². The number of rotatable bonds is 4. The molecule has 1 aromatic heterocycles. The van der Waals surface area contributed by atoms with Crippen LogP contribution in [-0.4, -0.2) is 14.0 Å². The van der Waals surface area contributed by atoms with Crippen molar-refractivity contribution in [1.29, 1.82) is 0 Å². The highest BCUT2D eigenvalue weighted by atomic mass is 32.2. The predicted molar refractivity (Wildman–Crippen MR) is 68.4 cm³/mol. The number of hydrogen-bond acceptors (Lipinski definition) is 4. The molecule has 1 saturated carbocycles. The summed E-state index contributed by atoms with van der Waals surface area (Å²) < 4.78 is 27.4. The van der Waals surface area contributed by atoms with Gasteiger partial charge in [0.15, 0.2) is 0 Å². The number of primary sulfonamides is 1. The molecule has 0 unspecified atom stereocenters. The molecule has 1 aromatic rings. The van der Waals surface area contributed by atoms with E-state index in [0.717, 1.165) is 12.8 Å². The normalized spacial score (nSPS) is 19.9. The molecule has 5 nitrogen and oxygen atoms in total. The zero-order valence-corrected chi connectivity index (χ0v) is 11.4. The van der Waals surface area contributed by atoms with Crippen molar-refractivity contribution in [2.75, 3.05) is 0 Å². The topological polar surface area (TPSA) is 85.3 Å². The lowest BCUT2D eigenvalue weighted by atomic mass is 9.83. The van der Waals surface area contributed by atoms with Crippen LogP contribution in [0.5, 0.6) is 0 Å². The fraction of sp³-hybridized carbons (Fsp3) is 0.667. The second-order valence-electron chi connectivity index (χ2n) is 5.24. The lowest BCUT2D eigenvalue weighted by Crippen LogP contribution is -2.43. The quantitative estimate of drug-likeness (QED) is 0.874. The van der Waals surface area contributed by atoms with Crippen LogP contribution in [0.2, 0.25) is 0 Å². The molecule has 102 valence electrons. The summed E-state index contributed by atoms with van der Waals surface area (Å²) in [4.78, 5) is 0. The molecule has 0 saturated heterocycles. The number of hydrogen-bond donors (Lipinski definition) is 2. The maximum Gasteiger partial charge on any atom is 0.271 e. The first-order valence-electron chi connectivity index (χ1n) is 6.26. The van der Waals surface area contributed by atoms with Crippen LogP contribution in [0.1, 0.15) is 44.8 Å². The highest BCUT2D eigenvalue weighted by molar-refractivity contribution is 7.89. The van der Waals surface area contributed by atoms with Crippen molar-refractivity contribution in [3.8, 4) is 0 Å². The summed E-state index contributed by atoms with van der Waals surface area (Å²) >= 11 is 0. The molecule has 0 aliphatic heterocycles. The van der Waals surface area contributed by atoms with Gasteiger partial charge in [-0.1, -0.05) is 19.3 Å². The van der Waals surface area contributed by atoms with Crippen LogP contribution in [0, 0.1) is 0 Å². The highest BCUT2D eigenvalue weighted by Gasteiger charge is 2.26. The van der Waals surface area contributed by atoms with Gasteiger partial charge in [0.1, 0.15) is 5.76 Å². The lowest BCUT2D eigenvalue weighted by Gasteiger charge is -2.34.